The number of ether oxygens (including phenoxy) is 1. The van der Waals surface area contributed by atoms with Gasteiger partial charge in [-0.15, -0.1) is 11.3 Å². The summed E-state index contributed by atoms with van der Waals surface area (Å²) in [6, 6.07) is 0. The number of aromatic nitrogens is 2. The van der Waals surface area contributed by atoms with Crippen molar-refractivity contribution >= 4 is 27.5 Å². The fraction of sp³-hybridized carbons (Fsp3) is 0.632. The van der Waals surface area contributed by atoms with E-state index < -0.39 is 12.4 Å². The molecule has 0 amide bonds. The summed E-state index contributed by atoms with van der Waals surface area (Å²) in [5.41, 5.74) is 0.170. The minimum atomic E-state index is -0.515. The Morgan fingerprint density at radius 1 is 1.28 bits per heavy atom. The van der Waals surface area contributed by atoms with Crippen LogP contribution in [0.5, 0.6) is 0 Å². The molecule has 1 fully saturated rings. The third-order valence-electron chi connectivity index (χ3n) is 5.08. The van der Waals surface area contributed by atoms with Crippen molar-refractivity contribution in [1.29, 1.82) is 0 Å². The topological polar surface area (TPSA) is 80.9 Å². The molecule has 0 aliphatic carbocycles. The lowest BCUT2D eigenvalue weighted by Crippen LogP contribution is -2.40. The summed E-state index contributed by atoms with van der Waals surface area (Å²) in [6.07, 6.45) is 0.230. The first-order valence-corrected chi connectivity index (χ1v) is 10.7. The van der Waals surface area contributed by atoms with Crippen LogP contribution in [-0.4, -0.2) is 60.0 Å². The van der Waals surface area contributed by atoms with Crippen molar-refractivity contribution in [2.75, 3.05) is 40.0 Å². The van der Waals surface area contributed by atoms with Gasteiger partial charge in [0.05, 0.1) is 31.8 Å². The molecule has 1 aliphatic rings. The smallest absolute Gasteiger partial charge is 0.332 e. The van der Waals surface area contributed by atoms with Gasteiger partial charge in [-0.05, 0) is 25.8 Å². The van der Waals surface area contributed by atoms with Crippen molar-refractivity contribution in [2.24, 2.45) is 4.99 Å². The van der Waals surface area contributed by atoms with Crippen LogP contribution < -0.4 is 16.6 Å². The van der Waals surface area contributed by atoms with Crippen LogP contribution in [0.4, 0.5) is 4.39 Å². The molecule has 1 aliphatic heterocycles. The highest BCUT2D eigenvalue weighted by molar-refractivity contribution is 7.18. The van der Waals surface area contributed by atoms with E-state index >= 15 is 0 Å². The first-order valence-electron chi connectivity index (χ1n) is 9.88. The van der Waals surface area contributed by atoms with Crippen LogP contribution >= 0.6 is 11.3 Å². The van der Waals surface area contributed by atoms with Gasteiger partial charge < -0.3 is 15.0 Å². The number of halogens is 1. The van der Waals surface area contributed by atoms with Gasteiger partial charge in [0.1, 0.15) is 4.83 Å². The zero-order chi connectivity index (χ0) is 21.0. The number of rotatable bonds is 9. The van der Waals surface area contributed by atoms with E-state index in [0.717, 1.165) is 29.5 Å². The predicted molar refractivity (Wildman–Crippen MR) is 114 cm³/mol. The lowest BCUT2D eigenvalue weighted by Gasteiger charge is -2.16. The Bertz CT molecular complexity index is 1010. The number of hydrogen-bond donors (Lipinski definition) is 1. The second kappa shape index (κ2) is 9.53. The van der Waals surface area contributed by atoms with E-state index in [1.807, 2.05) is 13.8 Å². The monoisotopic (exact) mass is 425 g/mol. The van der Waals surface area contributed by atoms with Gasteiger partial charge in [0.25, 0.3) is 5.56 Å². The van der Waals surface area contributed by atoms with Crippen LogP contribution in [0.15, 0.2) is 14.6 Å². The van der Waals surface area contributed by atoms with E-state index in [1.165, 1.54) is 15.9 Å². The molecule has 0 radical (unpaired) electrons. The highest BCUT2D eigenvalue weighted by Gasteiger charge is 2.23. The molecule has 2 aromatic heterocycles. The van der Waals surface area contributed by atoms with Crippen molar-refractivity contribution in [3.63, 3.8) is 0 Å². The lowest BCUT2D eigenvalue weighted by molar-refractivity contribution is 0.137. The number of fused-ring (bicyclic) bond motifs is 1. The standard InChI is InChI=1S/C19H28FN5O3S/c1-4-28-11-10-24-16(26)15-13(2)14(12-23-9-7-22-18(23)21-3)29-17(15)25(19(24)27)8-5-6-20/h4-12H2,1-3H3,(H,21,22). The number of thiophene rings is 1. The molecule has 0 atom stereocenters. The maximum Gasteiger partial charge on any atom is 0.332 e. The number of hydrogen-bond acceptors (Lipinski definition) is 5. The van der Waals surface area contributed by atoms with Gasteiger partial charge >= 0.3 is 5.69 Å². The minimum Gasteiger partial charge on any atom is -0.380 e. The van der Waals surface area contributed by atoms with E-state index in [9.17, 15) is 14.0 Å². The number of nitrogens with one attached hydrogen (secondary N) is 1. The average Bonchev–Trinajstić information content (AvgIpc) is 3.29. The van der Waals surface area contributed by atoms with Gasteiger partial charge in [0.2, 0.25) is 0 Å². The fourth-order valence-corrected chi connectivity index (χ4v) is 4.90. The Morgan fingerprint density at radius 2 is 2.07 bits per heavy atom. The summed E-state index contributed by atoms with van der Waals surface area (Å²) < 4.78 is 20.9. The molecule has 2 aromatic rings. The highest BCUT2D eigenvalue weighted by Crippen LogP contribution is 2.29. The van der Waals surface area contributed by atoms with Crippen LogP contribution in [0.1, 0.15) is 23.8 Å². The molecule has 8 nitrogen and oxygen atoms in total. The molecular weight excluding hydrogens is 397 g/mol. The van der Waals surface area contributed by atoms with Crippen molar-refractivity contribution in [3.8, 4) is 0 Å². The maximum atomic E-state index is 13.1. The molecular formula is C19H28FN5O3S. The summed E-state index contributed by atoms with van der Waals surface area (Å²) in [5.74, 6) is 0.825. The van der Waals surface area contributed by atoms with Crippen LogP contribution in [0.3, 0.4) is 0 Å². The molecule has 1 saturated heterocycles. The minimum absolute atomic E-state index is 0.185. The van der Waals surface area contributed by atoms with Crippen molar-refractivity contribution in [3.05, 3.63) is 31.3 Å². The summed E-state index contributed by atoms with van der Waals surface area (Å²) in [6.45, 7) is 6.75. The number of nitrogens with zero attached hydrogens (tertiary/aromatic N) is 4. The van der Waals surface area contributed by atoms with Gasteiger partial charge in [-0.25, -0.2) is 4.79 Å². The van der Waals surface area contributed by atoms with E-state index in [2.05, 4.69) is 15.2 Å². The molecule has 160 valence electrons. The molecule has 3 rings (SSSR count). The molecule has 3 heterocycles. The summed E-state index contributed by atoms with van der Waals surface area (Å²) in [4.78, 5) is 34.1. The lowest BCUT2D eigenvalue weighted by atomic mass is 10.2. The van der Waals surface area contributed by atoms with Gasteiger partial charge in [-0.1, -0.05) is 0 Å². The fourth-order valence-electron chi connectivity index (χ4n) is 3.57. The molecule has 0 aromatic carbocycles. The quantitative estimate of drug-likeness (QED) is 0.613. The summed E-state index contributed by atoms with van der Waals surface area (Å²) in [7, 11) is 1.74. The number of aliphatic imine (C=N–C) groups is 1. The van der Waals surface area contributed by atoms with Crippen LogP contribution in [0.2, 0.25) is 0 Å². The van der Waals surface area contributed by atoms with Gasteiger partial charge in [0, 0.05) is 38.2 Å². The van der Waals surface area contributed by atoms with Crippen LogP contribution in [0, 0.1) is 6.92 Å². The third kappa shape index (κ3) is 4.23. The van der Waals surface area contributed by atoms with E-state index in [4.69, 9.17) is 4.74 Å². The average molecular weight is 426 g/mol. The van der Waals surface area contributed by atoms with Gasteiger partial charge in [-0.2, -0.15) is 0 Å². The van der Waals surface area contributed by atoms with E-state index in [1.54, 1.807) is 11.6 Å². The first kappa shape index (κ1) is 21.5. The molecule has 1 N–H and O–H groups in total. The van der Waals surface area contributed by atoms with E-state index in [-0.39, 0.29) is 31.7 Å². The maximum absolute atomic E-state index is 13.1. The second-order valence-corrected chi connectivity index (χ2v) is 7.94. The Hall–Kier alpha value is -2.20. The molecule has 0 spiro atoms. The third-order valence-corrected chi connectivity index (χ3v) is 6.38. The van der Waals surface area contributed by atoms with Gasteiger partial charge in [0.15, 0.2) is 5.96 Å². The molecule has 0 unspecified atom stereocenters. The zero-order valence-corrected chi connectivity index (χ0v) is 18.0. The number of aryl methyl sites for hydroxylation is 2. The van der Waals surface area contributed by atoms with Crippen LogP contribution in [-0.2, 0) is 24.4 Å². The molecule has 0 bridgehead atoms. The Morgan fingerprint density at radius 3 is 2.76 bits per heavy atom. The SMILES string of the molecule is CCOCCn1c(=O)c2c(C)c(CN3CCN/C3=N\C)sc2n(CCCF)c1=O. The molecule has 0 saturated carbocycles. The van der Waals surface area contributed by atoms with Gasteiger partial charge in [-0.3, -0.25) is 23.3 Å². The Kier molecular flexibility index (Phi) is 7.07. The Balaban J connectivity index is 2.10. The number of alkyl halides is 1. The zero-order valence-electron chi connectivity index (χ0n) is 17.2. The predicted octanol–water partition coefficient (Wildman–Crippen LogP) is 1.32. The van der Waals surface area contributed by atoms with Crippen molar-refractivity contribution < 1.29 is 9.13 Å². The molecule has 10 heteroatoms. The Labute approximate surface area is 172 Å². The van der Waals surface area contributed by atoms with Crippen molar-refractivity contribution in [2.45, 2.75) is 39.9 Å². The highest BCUT2D eigenvalue weighted by atomic mass is 32.1. The first-order chi connectivity index (χ1) is 14.0. The second-order valence-electron chi connectivity index (χ2n) is 6.86. The number of guanidine groups is 1. The largest absolute Gasteiger partial charge is 0.380 e. The molecule has 29 heavy (non-hydrogen) atoms. The summed E-state index contributed by atoms with van der Waals surface area (Å²) in [5, 5.41) is 3.77. The normalized spacial score (nSPS) is 15.6. The van der Waals surface area contributed by atoms with Crippen molar-refractivity contribution in [1.82, 2.24) is 19.4 Å². The van der Waals surface area contributed by atoms with Crippen LogP contribution in [0.25, 0.3) is 10.2 Å². The summed E-state index contributed by atoms with van der Waals surface area (Å²) >= 11 is 1.44. The van der Waals surface area contributed by atoms with E-state index in [0.29, 0.717) is 23.4 Å².